The number of hydrogen-bond donors (Lipinski definition) is 2. The van der Waals surface area contributed by atoms with E-state index in [0.29, 0.717) is 31.5 Å². The molecule has 176 valence electrons. The average molecular weight is 471 g/mol. The smallest absolute Gasteiger partial charge is 0.407 e. The molecule has 2 aromatic carbocycles. The highest BCUT2D eigenvalue weighted by Crippen LogP contribution is 2.22. The van der Waals surface area contributed by atoms with Crippen molar-refractivity contribution in [3.8, 4) is 11.8 Å². The fourth-order valence-electron chi connectivity index (χ4n) is 3.44. The van der Waals surface area contributed by atoms with E-state index in [4.69, 9.17) is 9.84 Å². The predicted molar refractivity (Wildman–Crippen MR) is 126 cm³/mol. The molecular formula is C25H30N2O5S. The number of ether oxygens (including phenoxy) is 1. The number of carbonyl (C=O) groups excluding carboxylic acids is 1. The van der Waals surface area contributed by atoms with Gasteiger partial charge in [-0.2, -0.15) is 4.31 Å². The highest BCUT2D eigenvalue weighted by atomic mass is 32.2. The van der Waals surface area contributed by atoms with Gasteiger partial charge >= 0.3 is 6.09 Å². The van der Waals surface area contributed by atoms with Crippen LogP contribution in [0, 0.1) is 11.8 Å². The fourth-order valence-corrected chi connectivity index (χ4v) is 4.95. The molecule has 1 fully saturated rings. The third-order valence-electron chi connectivity index (χ3n) is 5.13. The van der Waals surface area contributed by atoms with Crippen LogP contribution >= 0.6 is 0 Å². The standard InChI is InChI=1S/C25H30N2O5S/c1-25(2,3)32-24(29)26-22-13-15-27(16-14-22)33(30,31)23-6-4-5-20(17-23)10-7-19-8-11-21(18-28)12-9-19/h4-6,8-9,11-12,17,22,28H,13-16,18H2,1-3H3,(H,26,29). The molecule has 0 atom stereocenters. The van der Waals surface area contributed by atoms with Crippen molar-refractivity contribution in [3.63, 3.8) is 0 Å². The van der Waals surface area contributed by atoms with E-state index in [9.17, 15) is 13.2 Å². The van der Waals surface area contributed by atoms with Crippen molar-refractivity contribution in [1.29, 1.82) is 0 Å². The van der Waals surface area contributed by atoms with Gasteiger partial charge in [0.15, 0.2) is 0 Å². The number of amides is 1. The van der Waals surface area contributed by atoms with Gasteiger partial charge < -0.3 is 15.2 Å². The Morgan fingerprint density at radius 2 is 1.73 bits per heavy atom. The molecule has 1 aliphatic rings. The van der Waals surface area contributed by atoms with Crippen molar-refractivity contribution in [2.45, 2.75) is 56.8 Å². The minimum Gasteiger partial charge on any atom is -0.444 e. The number of piperidine rings is 1. The number of aliphatic hydroxyl groups is 1. The lowest BCUT2D eigenvalue weighted by Crippen LogP contribution is -2.47. The maximum atomic E-state index is 13.1. The molecule has 0 spiro atoms. The monoisotopic (exact) mass is 470 g/mol. The molecule has 7 nitrogen and oxygen atoms in total. The number of carbonyl (C=O) groups is 1. The van der Waals surface area contributed by atoms with E-state index in [-0.39, 0.29) is 17.5 Å². The van der Waals surface area contributed by atoms with Crippen LogP contribution < -0.4 is 5.32 Å². The Kier molecular flexibility index (Phi) is 7.80. The second-order valence-electron chi connectivity index (χ2n) is 8.96. The van der Waals surface area contributed by atoms with Gasteiger partial charge in [-0.25, -0.2) is 13.2 Å². The third-order valence-corrected chi connectivity index (χ3v) is 7.03. The molecule has 33 heavy (non-hydrogen) atoms. The van der Waals surface area contributed by atoms with Crippen LogP contribution in [-0.2, 0) is 21.4 Å². The normalized spacial score (nSPS) is 15.4. The number of alkyl carbamates (subject to hydrolysis) is 1. The molecule has 1 saturated heterocycles. The number of sulfonamides is 1. The lowest BCUT2D eigenvalue weighted by molar-refractivity contribution is 0.0489. The van der Waals surface area contributed by atoms with Gasteiger partial charge in [-0.15, -0.1) is 0 Å². The second-order valence-corrected chi connectivity index (χ2v) is 10.9. The van der Waals surface area contributed by atoms with E-state index in [1.54, 1.807) is 57.2 Å². The van der Waals surface area contributed by atoms with Gasteiger partial charge in [0.1, 0.15) is 5.60 Å². The van der Waals surface area contributed by atoms with E-state index >= 15 is 0 Å². The number of benzene rings is 2. The number of nitrogens with one attached hydrogen (secondary N) is 1. The number of aliphatic hydroxyl groups excluding tert-OH is 1. The van der Waals surface area contributed by atoms with Crippen LogP contribution in [-0.4, -0.2) is 48.7 Å². The Hall–Kier alpha value is -2.86. The molecule has 0 aliphatic carbocycles. The molecule has 0 bridgehead atoms. The van der Waals surface area contributed by atoms with Crippen molar-refractivity contribution >= 4 is 16.1 Å². The largest absolute Gasteiger partial charge is 0.444 e. The fraction of sp³-hybridized carbons (Fsp3) is 0.400. The minimum atomic E-state index is -3.66. The first-order valence-corrected chi connectivity index (χ1v) is 12.3. The Labute approximate surface area is 195 Å². The molecule has 2 aromatic rings. The van der Waals surface area contributed by atoms with Gasteiger partial charge in [0.25, 0.3) is 0 Å². The highest BCUT2D eigenvalue weighted by molar-refractivity contribution is 7.89. The van der Waals surface area contributed by atoms with Crippen LogP contribution in [0.15, 0.2) is 53.4 Å². The van der Waals surface area contributed by atoms with Gasteiger partial charge in [0.05, 0.1) is 11.5 Å². The van der Waals surface area contributed by atoms with Crippen molar-refractivity contribution in [2.24, 2.45) is 0 Å². The quantitative estimate of drug-likeness (QED) is 0.669. The van der Waals surface area contributed by atoms with Gasteiger partial charge in [-0.3, -0.25) is 0 Å². The zero-order valence-electron chi connectivity index (χ0n) is 19.2. The Bertz CT molecular complexity index is 1130. The number of hydrogen-bond acceptors (Lipinski definition) is 5. The van der Waals surface area contributed by atoms with Crippen molar-refractivity contribution in [2.75, 3.05) is 13.1 Å². The number of rotatable bonds is 4. The van der Waals surface area contributed by atoms with Crippen LogP contribution in [0.2, 0.25) is 0 Å². The third kappa shape index (κ3) is 7.06. The zero-order valence-corrected chi connectivity index (χ0v) is 20.0. The Morgan fingerprint density at radius 1 is 1.09 bits per heavy atom. The van der Waals surface area contributed by atoms with E-state index in [0.717, 1.165) is 11.1 Å². The molecule has 8 heteroatoms. The Morgan fingerprint density at radius 3 is 2.33 bits per heavy atom. The molecule has 0 saturated carbocycles. The van der Waals surface area contributed by atoms with E-state index < -0.39 is 21.7 Å². The summed E-state index contributed by atoms with van der Waals surface area (Å²) in [7, 11) is -3.66. The van der Waals surface area contributed by atoms with Crippen LogP contribution in [0.3, 0.4) is 0 Å². The van der Waals surface area contributed by atoms with Crippen LogP contribution in [0.25, 0.3) is 0 Å². The Balaban J connectivity index is 1.64. The SMILES string of the molecule is CC(C)(C)OC(=O)NC1CCN(S(=O)(=O)c2cccc(C#Cc3ccc(CO)cc3)c2)CC1. The molecule has 1 aliphatic heterocycles. The molecule has 0 radical (unpaired) electrons. The maximum Gasteiger partial charge on any atom is 0.407 e. The summed E-state index contributed by atoms with van der Waals surface area (Å²) in [6.45, 7) is 6.00. The molecule has 3 rings (SSSR count). The molecule has 0 unspecified atom stereocenters. The van der Waals surface area contributed by atoms with Gasteiger partial charge in [0, 0.05) is 30.3 Å². The summed E-state index contributed by atoms with van der Waals surface area (Å²) in [6.07, 6.45) is 0.546. The first-order valence-electron chi connectivity index (χ1n) is 10.9. The van der Waals surface area contributed by atoms with E-state index in [2.05, 4.69) is 17.2 Å². The summed E-state index contributed by atoms with van der Waals surface area (Å²) in [6, 6.07) is 13.7. The minimum absolute atomic E-state index is 0.0259. The lowest BCUT2D eigenvalue weighted by atomic mass is 10.1. The van der Waals surface area contributed by atoms with Crippen LogP contribution in [0.4, 0.5) is 4.79 Å². The summed E-state index contributed by atoms with van der Waals surface area (Å²) in [4.78, 5) is 12.2. The summed E-state index contributed by atoms with van der Waals surface area (Å²) < 4.78 is 33.0. The number of nitrogens with zero attached hydrogens (tertiary/aromatic N) is 1. The van der Waals surface area contributed by atoms with Gasteiger partial charge in [-0.05, 0) is 69.5 Å². The van der Waals surface area contributed by atoms with E-state index in [1.807, 2.05) is 12.1 Å². The van der Waals surface area contributed by atoms with Crippen LogP contribution in [0.1, 0.15) is 50.3 Å². The first-order chi connectivity index (χ1) is 15.6. The zero-order chi connectivity index (χ0) is 24.1. The average Bonchev–Trinajstić information content (AvgIpc) is 2.77. The van der Waals surface area contributed by atoms with Crippen molar-refractivity contribution in [1.82, 2.24) is 9.62 Å². The van der Waals surface area contributed by atoms with Crippen LogP contribution in [0.5, 0.6) is 0 Å². The molecule has 0 aromatic heterocycles. The summed E-state index contributed by atoms with van der Waals surface area (Å²) in [5.74, 6) is 6.02. The van der Waals surface area contributed by atoms with Crippen molar-refractivity contribution in [3.05, 3.63) is 65.2 Å². The second kappa shape index (κ2) is 10.4. The topological polar surface area (TPSA) is 95.9 Å². The van der Waals surface area contributed by atoms with Gasteiger partial charge in [-0.1, -0.05) is 30.0 Å². The molecular weight excluding hydrogens is 440 g/mol. The van der Waals surface area contributed by atoms with Gasteiger partial charge in [0.2, 0.25) is 10.0 Å². The highest BCUT2D eigenvalue weighted by Gasteiger charge is 2.30. The summed E-state index contributed by atoms with van der Waals surface area (Å²) in [5.41, 5.74) is 1.60. The molecule has 2 N–H and O–H groups in total. The van der Waals surface area contributed by atoms with Crippen molar-refractivity contribution < 1.29 is 23.1 Å². The maximum absolute atomic E-state index is 13.1. The molecule has 1 amide bonds. The van der Waals surface area contributed by atoms with E-state index in [1.165, 1.54) is 4.31 Å². The summed E-state index contributed by atoms with van der Waals surface area (Å²) >= 11 is 0. The predicted octanol–water partition coefficient (Wildman–Crippen LogP) is 3.26. The first kappa shape index (κ1) is 24.8. The lowest BCUT2D eigenvalue weighted by Gasteiger charge is -2.32. The summed E-state index contributed by atoms with van der Waals surface area (Å²) in [5, 5.41) is 11.9. The molecule has 1 heterocycles.